The summed E-state index contributed by atoms with van der Waals surface area (Å²) < 4.78 is 0. The second-order valence-corrected chi connectivity index (χ2v) is 5.69. The predicted molar refractivity (Wildman–Crippen MR) is 82.2 cm³/mol. The molecular formula is C18H19NO. The maximum atomic E-state index is 12.0. The minimum atomic E-state index is 0.106. The molecule has 2 aromatic carbocycles. The summed E-state index contributed by atoms with van der Waals surface area (Å²) >= 11 is 0. The van der Waals surface area contributed by atoms with Crippen molar-refractivity contribution >= 4 is 11.6 Å². The summed E-state index contributed by atoms with van der Waals surface area (Å²) in [6.45, 7) is 6.32. The Kier molecular flexibility index (Phi) is 3.09. The van der Waals surface area contributed by atoms with Gasteiger partial charge in [-0.15, -0.1) is 0 Å². The molecule has 0 saturated heterocycles. The monoisotopic (exact) mass is 265 g/mol. The van der Waals surface area contributed by atoms with Crippen LogP contribution < -0.4 is 5.32 Å². The second-order valence-electron chi connectivity index (χ2n) is 5.69. The minimum absolute atomic E-state index is 0.106. The summed E-state index contributed by atoms with van der Waals surface area (Å²) in [5, 5.41) is 3.01. The Morgan fingerprint density at radius 2 is 1.65 bits per heavy atom. The van der Waals surface area contributed by atoms with Crippen molar-refractivity contribution in [2.75, 3.05) is 5.32 Å². The molecule has 0 spiro atoms. The Labute approximate surface area is 119 Å². The molecule has 1 N–H and O–H groups in total. The van der Waals surface area contributed by atoms with Gasteiger partial charge in [-0.2, -0.15) is 0 Å². The largest absolute Gasteiger partial charge is 0.326 e. The van der Waals surface area contributed by atoms with Crippen molar-refractivity contribution in [3.05, 3.63) is 64.2 Å². The molecule has 3 rings (SSSR count). The molecule has 2 aromatic rings. The number of aryl methyl sites for hydroxylation is 3. The molecule has 0 aliphatic carbocycles. The fourth-order valence-corrected chi connectivity index (χ4v) is 2.99. The number of carbonyl (C=O) groups excluding carboxylic acids is 1. The lowest BCUT2D eigenvalue weighted by Crippen LogP contribution is -2.24. The van der Waals surface area contributed by atoms with Crippen molar-refractivity contribution in [2.45, 2.75) is 33.1 Å². The SMILES string of the molecule is Cc1cc2c(cc1C)C(c1ccccc1C)CC(=O)N2. The number of anilines is 1. The van der Waals surface area contributed by atoms with E-state index >= 15 is 0 Å². The molecule has 2 heteroatoms. The number of benzene rings is 2. The maximum absolute atomic E-state index is 12.0. The van der Waals surface area contributed by atoms with Crippen molar-refractivity contribution in [1.29, 1.82) is 0 Å². The van der Waals surface area contributed by atoms with Crippen molar-refractivity contribution in [3.63, 3.8) is 0 Å². The van der Waals surface area contributed by atoms with Crippen LogP contribution in [0.5, 0.6) is 0 Å². The standard InChI is InChI=1S/C18H19NO/c1-11-6-4-5-7-14(11)15-10-18(20)19-17-9-13(3)12(2)8-16(15)17/h4-9,15H,10H2,1-3H3,(H,19,20). The summed E-state index contributed by atoms with van der Waals surface area (Å²) in [5.41, 5.74) is 7.20. The van der Waals surface area contributed by atoms with Crippen molar-refractivity contribution in [1.82, 2.24) is 0 Å². The summed E-state index contributed by atoms with van der Waals surface area (Å²) in [6.07, 6.45) is 0.528. The Morgan fingerprint density at radius 3 is 2.40 bits per heavy atom. The summed E-state index contributed by atoms with van der Waals surface area (Å²) in [7, 11) is 0. The summed E-state index contributed by atoms with van der Waals surface area (Å²) in [4.78, 5) is 12.0. The topological polar surface area (TPSA) is 29.1 Å². The molecule has 0 radical (unpaired) electrons. The number of rotatable bonds is 1. The van der Waals surface area contributed by atoms with Crippen LogP contribution in [0.2, 0.25) is 0 Å². The zero-order chi connectivity index (χ0) is 14.3. The highest BCUT2D eigenvalue weighted by Crippen LogP contribution is 2.39. The van der Waals surface area contributed by atoms with E-state index in [0.717, 1.165) is 5.69 Å². The fraction of sp³-hybridized carbons (Fsp3) is 0.278. The van der Waals surface area contributed by atoms with Crippen molar-refractivity contribution in [2.24, 2.45) is 0 Å². The average Bonchev–Trinajstić information content (AvgIpc) is 2.41. The number of carbonyl (C=O) groups is 1. The summed E-state index contributed by atoms with van der Waals surface area (Å²) in [5.74, 6) is 0.272. The minimum Gasteiger partial charge on any atom is -0.326 e. The number of amides is 1. The third kappa shape index (κ3) is 2.11. The smallest absolute Gasteiger partial charge is 0.225 e. The Balaban J connectivity index is 2.17. The van der Waals surface area contributed by atoms with Crippen LogP contribution in [0.25, 0.3) is 0 Å². The van der Waals surface area contributed by atoms with Crippen LogP contribution in [-0.2, 0) is 4.79 Å². The highest BCUT2D eigenvalue weighted by Gasteiger charge is 2.27. The van der Waals surface area contributed by atoms with Gasteiger partial charge in [0.05, 0.1) is 0 Å². The van der Waals surface area contributed by atoms with E-state index in [1.807, 2.05) is 6.07 Å². The van der Waals surface area contributed by atoms with Crippen molar-refractivity contribution < 1.29 is 4.79 Å². The van der Waals surface area contributed by atoms with Crippen LogP contribution in [0, 0.1) is 20.8 Å². The van der Waals surface area contributed by atoms with E-state index in [9.17, 15) is 4.79 Å². The van der Waals surface area contributed by atoms with E-state index in [0.29, 0.717) is 6.42 Å². The third-order valence-electron chi connectivity index (χ3n) is 4.27. The molecule has 0 fully saturated rings. The van der Waals surface area contributed by atoms with Gasteiger partial charge in [0.2, 0.25) is 5.91 Å². The van der Waals surface area contributed by atoms with Crippen molar-refractivity contribution in [3.8, 4) is 0 Å². The van der Waals surface area contributed by atoms with Gasteiger partial charge < -0.3 is 5.32 Å². The molecule has 0 saturated carbocycles. The van der Waals surface area contributed by atoms with E-state index in [1.54, 1.807) is 0 Å². The number of hydrogen-bond acceptors (Lipinski definition) is 1. The van der Waals surface area contributed by atoms with E-state index in [4.69, 9.17) is 0 Å². The fourth-order valence-electron chi connectivity index (χ4n) is 2.99. The molecule has 0 bridgehead atoms. The molecule has 20 heavy (non-hydrogen) atoms. The van der Waals surface area contributed by atoms with Gasteiger partial charge in [0.15, 0.2) is 0 Å². The molecule has 0 aromatic heterocycles. The van der Waals surface area contributed by atoms with Gasteiger partial charge in [-0.3, -0.25) is 4.79 Å². The molecular weight excluding hydrogens is 246 g/mol. The molecule has 1 aliphatic rings. The normalized spacial score (nSPS) is 17.6. The molecule has 1 aliphatic heterocycles. The van der Waals surface area contributed by atoms with Gasteiger partial charge in [-0.05, 0) is 54.7 Å². The van der Waals surface area contributed by atoms with Gasteiger partial charge in [-0.1, -0.05) is 30.3 Å². The van der Waals surface area contributed by atoms with Gasteiger partial charge in [-0.25, -0.2) is 0 Å². The molecule has 1 amide bonds. The molecule has 1 heterocycles. The highest BCUT2D eigenvalue weighted by molar-refractivity contribution is 5.95. The first-order valence-electron chi connectivity index (χ1n) is 7.03. The zero-order valence-corrected chi connectivity index (χ0v) is 12.2. The van der Waals surface area contributed by atoms with Gasteiger partial charge in [0, 0.05) is 18.0 Å². The van der Waals surface area contributed by atoms with Crippen LogP contribution in [0.15, 0.2) is 36.4 Å². The molecule has 102 valence electrons. The van der Waals surface area contributed by atoms with Gasteiger partial charge in [0.1, 0.15) is 0 Å². The zero-order valence-electron chi connectivity index (χ0n) is 12.2. The number of nitrogens with one attached hydrogen (secondary N) is 1. The van der Waals surface area contributed by atoms with E-state index in [2.05, 4.69) is 56.4 Å². The first-order valence-corrected chi connectivity index (χ1v) is 7.03. The third-order valence-corrected chi connectivity index (χ3v) is 4.27. The van der Waals surface area contributed by atoms with E-state index < -0.39 is 0 Å². The number of fused-ring (bicyclic) bond motifs is 1. The Bertz CT molecular complexity index is 688. The van der Waals surface area contributed by atoms with E-state index in [-0.39, 0.29) is 11.8 Å². The molecule has 1 unspecified atom stereocenters. The van der Waals surface area contributed by atoms with E-state index in [1.165, 1.54) is 27.8 Å². The molecule has 1 atom stereocenters. The lowest BCUT2D eigenvalue weighted by atomic mass is 9.81. The Hall–Kier alpha value is -2.09. The van der Waals surface area contributed by atoms with Gasteiger partial charge in [0.25, 0.3) is 0 Å². The highest BCUT2D eigenvalue weighted by atomic mass is 16.1. The predicted octanol–water partition coefficient (Wildman–Crippen LogP) is 4.09. The van der Waals surface area contributed by atoms with Crippen LogP contribution in [0.1, 0.15) is 40.2 Å². The second kappa shape index (κ2) is 4.78. The quantitative estimate of drug-likeness (QED) is 0.826. The molecule has 2 nitrogen and oxygen atoms in total. The van der Waals surface area contributed by atoms with Gasteiger partial charge >= 0.3 is 0 Å². The maximum Gasteiger partial charge on any atom is 0.225 e. The van der Waals surface area contributed by atoms with Crippen LogP contribution in [0.3, 0.4) is 0 Å². The van der Waals surface area contributed by atoms with Crippen LogP contribution in [0.4, 0.5) is 5.69 Å². The summed E-state index contributed by atoms with van der Waals surface area (Å²) in [6, 6.07) is 12.7. The number of hydrogen-bond donors (Lipinski definition) is 1. The average molecular weight is 265 g/mol. The lowest BCUT2D eigenvalue weighted by molar-refractivity contribution is -0.116. The van der Waals surface area contributed by atoms with Crippen LogP contribution in [-0.4, -0.2) is 5.91 Å². The first-order chi connectivity index (χ1) is 9.56. The lowest BCUT2D eigenvalue weighted by Gasteiger charge is -2.28. The first kappa shape index (κ1) is 12.9. The Morgan fingerprint density at radius 1 is 0.950 bits per heavy atom. The van der Waals surface area contributed by atoms with Crippen LogP contribution >= 0.6 is 0 Å².